The molecule has 0 heterocycles. The van der Waals surface area contributed by atoms with E-state index in [4.69, 9.17) is 16.3 Å². The van der Waals surface area contributed by atoms with Gasteiger partial charge in [-0.2, -0.15) is 0 Å². The number of ether oxygens (including phenoxy) is 1. The highest BCUT2D eigenvalue weighted by molar-refractivity contribution is 8.01. The normalized spacial score (nSPS) is 14.9. The van der Waals surface area contributed by atoms with Crippen LogP contribution in [0, 0.1) is 0 Å². The second-order valence-corrected chi connectivity index (χ2v) is 4.62. The molecule has 0 aliphatic heterocycles. The molecular weight excluding hydrogens is 202 g/mol. The molecule has 0 rings (SSSR count). The van der Waals surface area contributed by atoms with Gasteiger partial charge < -0.3 is 10.5 Å². The number of methoxy groups -OCH3 is 1. The van der Waals surface area contributed by atoms with Gasteiger partial charge in [-0.1, -0.05) is 6.92 Å². The van der Waals surface area contributed by atoms with Crippen molar-refractivity contribution >= 4 is 17.7 Å². The number of rotatable bonds is 7. The van der Waals surface area contributed by atoms with Gasteiger partial charge in [-0.05, 0) is 13.0 Å². The van der Waals surface area contributed by atoms with Gasteiger partial charge in [0.25, 0.3) is 0 Å². The molecule has 0 aliphatic carbocycles. The fraction of sp³-hybridized carbons (Fsp3) is 0.875. The van der Waals surface area contributed by atoms with E-state index in [1.165, 1.54) is 11.8 Å². The van der Waals surface area contributed by atoms with Gasteiger partial charge in [0.1, 0.15) is 5.25 Å². The number of nitrogens with one attached hydrogen (secondary N) is 1. The smallest absolute Gasteiger partial charge is 0.249 e. The van der Waals surface area contributed by atoms with Crippen molar-refractivity contribution in [2.45, 2.75) is 23.8 Å². The van der Waals surface area contributed by atoms with Crippen LogP contribution in [0.25, 0.3) is 0 Å². The Bertz CT molecular complexity index is 169. The lowest BCUT2D eigenvalue weighted by molar-refractivity contribution is -0.121. The summed E-state index contributed by atoms with van der Waals surface area (Å²) in [6, 6.07) is 0. The molecule has 1 amide bonds. The molecule has 2 unspecified atom stereocenters. The number of hydrogen-bond donors (Lipinski definition) is 3. The fourth-order valence-corrected chi connectivity index (χ4v) is 2.24. The van der Waals surface area contributed by atoms with E-state index >= 15 is 0 Å². The quantitative estimate of drug-likeness (QED) is 0.305. The van der Waals surface area contributed by atoms with E-state index < -0.39 is 0 Å². The number of thioether (sulfide) groups is 1. The predicted octanol–water partition coefficient (Wildman–Crippen LogP) is -0.538. The highest BCUT2D eigenvalue weighted by Gasteiger charge is 2.20. The molecule has 14 heavy (non-hydrogen) atoms. The first-order chi connectivity index (χ1) is 6.65. The minimum absolute atomic E-state index is 0.208. The van der Waals surface area contributed by atoms with Gasteiger partial charge in [0.05, 0.1) is 6.61 Å². The maximum atomic E-state index is 11.3. The third-order valence-electron chi connectivity index (χ3n) is 1.72. The SMILES string of the molecule is COCC(SC(C)CCN)C(=O)NN. The van der Waals surface area contributed by atoms with Crippen LogP contribution in [0.2, 0.25) is 0 Å². The van der Waals surface area contributed by atoms with Gasteiger partial charge in [-0.25, -0.2) is 5.84 Å². The first-order valence-corrected chi connectivity index (χ1v) is 5.44. The van der Waals surface area contributed by atoms with Crippen molar-refractivity contribution in [2.75, 3.05) is 20.3 Å². The first kappa shape index (κ1) is 13.7. The van der Waals surface area contributed by atoms with Crippen molar-refractivity contribution in [3.63, 3.8) is 0 Å². The summed E-state index contributed by atoms with van der Waals surface area (Å²) in [5.41, 5.74) is 7.54. The average Bonchev–Trinajstić information content (AvgIpc) is 2.16. The second kappa shape index (κ2) is 8.05. The summed E-state index contributed by atoms with van der Waals surface area (Å²) in [6.45, 7) is 3.02. The maximum Gasteiger partial charge on any atom is 0.249 e. The van der Waals surface area contributed by atoms with Crippen molar-refractivity contribution in [3.8, 4) is 0 Å². The van der Waals surface area contributed by atoms with Gasteiger partial charge in [0.2, 0.25) is 5.91 Å². The van der Waals surface area contributed by atoms with Crippen molar-refractivity contribution in [2.24, 2.45) is 11.6 Å². The van der Waals surface area contributed by atoms with Crippen LogP contribution >= 0.6 is 11.8 Å². The van der Waals surface area contributed by atoms with E-state index in [1.54, 1.807) is 7.11 Å². The molecule has 0 saturated carbocycles. The Kier molecular flexibility index (Phi) is 7.87. The van der Waals surface area contributed by atoms with Crippen LogP contribution < -0.4 is 17.0 Å². The van der Waals surface area contributed by atoms with E-state index in [2.05, 4.69) is 5.43 Å². The Hall–Kier alpha value is -0.300. The second-order valence-electron chi connectivity index (χ2n) is 2.98. The van der Waals surface area contributed by atoms with Crippen molar-refractivity contribution < 1.29 is 9.53 Å². The Morgan fingerprint density at radius 2 is 2.29 bits per heavy atom. The minimum Gasteiger partial charge on any atom is -0.383 e. The summed E-state index contributed by atoms with van der Waals surface area (Å²) in [6.07, 6.45) is 0.878. The molecule has 0 aliphatic rings. The summed E-state index contributed by atoms with van der Waals surface area (Å²) in [5, 5.41) is 0.0731. The number of amides is 1. The monoisotopic (exact) mass is 221 g/mol. The van der Waals surface area contributed by atoms with Gasteiger partial charge in [-0.15, -0.1) is 11.8 Å². The van der Waals surface area contributed by atoms with E-state index in [1.807, 2.05) is 6.92 Å². The number of carbonyl (C=O) groups excluding carboxylic acids is 1. The van der Waals surface area contributed by atoms with Crippen LogP contribution in [-0.4, -0.2) is 36.7 Å². The van der Waals surface area contributed by atoms with Crippen LogP contribution in [0.4, 0.5) is 0 Å². The number of hydrogen-bond acceptors (Lipinski definition) is 5. The Morgan fingerprint density at radius 3 is 2.71 bits per heavy atom. The molecular formula is C8H19N3O2S. The molecule has 0 aromatic heterocycles. The molecule has 5 nitrogen and oxygen atoms in total. The highest BCUT2D eigenvalue weighted by atomic mass is 32.2. The van der Waals surface area contributed by atoms with Gasteiger partial charge in [0.15, 0.2) is 0 Å². The molecule has 0 fully saturated rings. The minimum atomic E-state index is -0.258. The van der Waals surface area contributed by atoms with E-state index in [0.717, 1.165) is 6.42 Å². The molecule has 6 heteroatoms. The largest absolute Gasteiger partial charge is 0.383 e. The topological polar surface area (TPSA) is 90.4 Å². The fourth-order valence-electron chi connectivity index (χ4n) is 1.00. The van der Waals surface area contributed by atoms with Gasteiger partial charge in [-0.3, -0.25) is 10.2 Å². The Morgan fingerprint density at radius 1 is 1.64 bits per heavy atom. The molecule has 0 aromatic rings. The lowest BCUT2D eigenvalue weighted by Crippen LogP contribution is -2.40. The molecule has 0 radical (unpaired) electrons. The van der Waals surface area contributed by atoms with Crippen molar-refractivity contribution in [3.05, 3.63) is 0 Å². The average molecular weight is 221 g/mol. The summed E-state index contributed by atoms with van der Waals surface area (Å²) >= 11 is 1.53. The molecule has 0 bridgehead atoms. The van der Waals surface area contributed by atoms with Gasteiger partial charge in [0, 0.05) is 12.4 Å². The number of hydrazine groups is 1. The Balaban J connectivity index is 4.01. The van der Waals surface area contributed by atoms with Crippen LogP contribution in [0.3, 0.4) is 0 Å². The molecule has 5 N–H and O–H groups in total. The van der Waals surface area contributed by atoms with E-state index in [-0.39, 0.29) is 11.2 Å². The molecule has 84 valence electrons. The lowest BCUT2D eigenvalue weighted by atomic mass is 10.3. The van der Waals surface area contributed by atoms with Crippen LogP contribution in [0.1, 0.15) is 13.3 Å². The van der Waals surface area contributed by atoms with E-state index in [0.29, 0.717) is 18.4 Å². The third-order valence-corrected chi connectivity index (χ3v) is 3.10. The lowest BCUT2D eigenvalue weighted by Gasteiger charge is -2.18. The first-order valence-electron chi connectivity index (χ1n) is 4.50. The Labute approximate surface area is 88.9 Å². The highest BCUT2D eigenvalue weighted by Crippen LogP contribution is 2.20. The number of nitrogens with two attached hydrogens (primary N) is 2. The molecule has 0 aromatic carbocycles. The molecule has 0 saturated heterocycles. The zero-order chi connectivity index (χ0) is 11.0. The van der Waals surface area contributed by atoms with Crippen LogP contribution in [0.15, 0.2) is 0 Å². The van der Waals surface area contributed by atoms with Crippen molar-refractivity contribution in [1.29, 1.82) is 0 Å². The molecule has 0 spiro atoms. The van der Waals surface area contributed by atoms with E-state index in [9.17, 15) is 4.79 Å². The zero-order valence-corrected chi connectivity index (χ0v) is 9.47. The predicted molar refractivity (Wildman–Crippen MR) is 58.7 cm³/mol. The standard InChI is InChI=1S/C8H19N3O2S/c1-6(3-4-9)14-7(5-13-2)8(12)11-10/h6-7H,3-5,9-10H2,1-2H3,(H,11,12). The third kappa shape index (κ3) is 5.43. The zero-order valence-electron chi connectivity index (χ0n) is 8.66. The molecule has 2 atom stereocenters. The summed E-state index contributed by atoms with van der Waals surface area (Å²) in [5.74, 6) is 4.85. The van der Waals surface area contributed by atoms with Crippen LogP contribution in [0.5, 0.6) is 0 Å². The summed E-state index contributed by atoms with van der Waals surface area (Å²) in [7, 11) is 1.56. The summed E-state index contributed by atoms with van der Waals surface area (Å²) < 4.78 is 4.94. The van der Waals surface area contributed by atoms with Gasteiger partial charge >= 0.3 is 0 Å². The summed E-state index contributed by atoms with van der Waals surface area (Å²) in [4.78, 5) is 11.3. The maximum absolute atomic E-state index is 11.3. The van der Waals surface area contributed by atoms with Crippen molar-refractivity contribution in [1.82, 2.24) is 5.43 Å². The van der Waals surface area contributed by atoms with Crippen LogP contribution in [-0.2, 0) is 9.53 Å². The number of carbonyl (C=O) groups is 1.